The van der Waals surface area contributed by atoms with Gasteiger partial charge in [-0.15, -0.1) is 0 Å². The van der Waals surface area contributed by atoms with Gasteiger partial charge >= 0.3 is 5.97 Å². The zero-order valence-corrected chi connectivity index (χ0v) is 10.0. The van der Waals surface area contributed by atoms with Crippen molar-refractivity contribution >= 4 is 11.8 Å². The number of anilines is 1. The predicted molar refractivity (Wildman–Crippen MR) is 65.5 cm³/mol. The molecule has 6 heteroatoms. The van der Waals surface area contributed by atoms with Gasteiger partial charge in [-0.2, -0.15) is 0 Å². The van der Waals surface area contributed by atoms with Crippen molar-refractivity contribution in [3.05, 3.63) is 18.1 Å². The summed E-state index contributed by atoms with van der Waals surface area (Å²) in [6.45, 7) is 0. The summed E-state index contributed by atoms with van der Waals surface area (Å²) in [4.78, 5) is 18.6. The lowest BCUT2D eigenvalue weighted by molar-refractivity contribution is 0.0690. The van der Waals surface area contributed by atoms with E-state index in [1.165, 1.54) is 12.4 Å². The smallest absolute Gasteiger partial charge is 0.356 e. The van der Waals surface area contributed by atoms with Crippen LogP contribution in [-0.2, 0) is 0 Å². The van der Waals surface area contributed by atoms with E-state index >= 15 is 0 Å². The highest BCUT2D eigenvalue weighted by Crippen LogP contribution is 2.20. The van der Waals surface area contributed by atoms with Crippen molar-refractivity contribution in [1.82, 2.24) is 9.97 Å². The van der Waals surface area contributed by atoms with E-state index in [0.29, 0.717) is 5.82 Å². The lowest BCUT2D eigenvalue weighted by Crippen LogP contribution is -2.33. The summed E-state index contributed by atoms with van der Waals surface area (Å²) in [6.07, 6.45) is 7.10. The zero-order valence-electron chi connectivity index (χ0n) is 10.0. The number of aromatic nitrogens is 2. The van der Waals surface area contributed by atoms with Gasteiger partial charge in [-0.05, 0) is 12.8 Å². The Bertz CT molecular complexity index is 425. The summed E-state index contributed by atoms with van der Waals surface area (Å²) in [7, 11) is 0. The van der Waals surface area contributed by atoms with Gasteiger partial charge in [0.1, 0.15) is 5.82 Å². The molecule has 0 bridgehead atoms. The Labute approximate surface area is 105 Å². The van der Waals surface area contributed by atoms with E-state index in [9.17, 15) is 9.90 Å². The number of rotatable bonds is 3. The lowest BCUT2D eigenvalue weighted by Gasteiger charge is -2.22. The second kappa shape index (κ2) is 5.77. The van der Waals surface area contributed by atoms with E-state index in [1.807, 2.05) is 0 Å². The minimum Gasteiger partial charge on any atom is -0.476 e. The molecule has 0 aromatic carbocycles. The van der Waals surface area contributed by atoms with Gasteiger partial charge < -0.3 is 15.5 Å². The van der Waals surface area contributed by atoms with Crippen LogP contribution in [0.3, 0.4) is 0 Å². The van der Waals surface area contributed by atoms with Gasteiger partial charge in [-0.25, -0.2) is 9.78 Å². The number of hydrogen-bond acceptors (Lipinski definition) is 5. The maximum atomic E-state index is 10.8. The topological polar surface area (TPSA) is 95.3 Å². The molecule has 1 aromatic heterocycles. The summed E-state index contributed by atoms with van der Waals surface area (Å²) in [5.41, 5.74) is -0.0943. The second-order valence-corrected chi connectivity index (χ2v) is 4.55. The van der Waals surface area contributed by atoms with E-state index in [2.05, 4.69) is 15.3 Å². The molecule has 1 aliphatic rings. The quantitative estimate of drug-likeness (QED) is 0.700. The maximum Gasteiger partial charge on any atom is 0.356 e. The van der Waals surface area contributed by atoms with E-state index in [4.69, 9.17) is 5.11 Å². The van der Waals surface area contributed by atoms with Crippen molar-refractivity contribution < 1.29 is 15.0 Å². The SMILES string of the molecule is O=C(O)c1cncc(NC2CCCCCC2O)n1. The van der Waals surface area contributed by atoms with E-state index in [1.54, 1.807) is 0 Å². The molecule has 98 valence electrons. The molecule has 1 aliphatic carbocycles. The van der Waals surface area contributed by atoms with Crippen molar-refractivity contribution in [3.8, 4) is 0 Å². The lowest BCUT2D eigenvalue weighted by atomic mass is 10.1. The highest BCUT2D eigenvalue weighted by Gasteiger charge is 2.22. The Morgan fingerprint density at radius 1 is 1.28 bits per heavy atom. The molecule has 1 fully saturated rings. The number of nitrogens with one attached hydrogen (secondary N) is 1. The molecule has 0 radical (unpaired) electrons. The second-order valence-electron chi connectivity index (χ2n) is 4.55. The fraction of sp³-hybridized carbons (Fsp3) is 0.583. The summed E-state index contributed by atoms with van der Waals surface area (Å²) in [5, 5.41) is 21.9. The van der Waals surface area contributed by atoms with Crippen LogP contribution in [0.1, 0.15) is 42.6 Å². The van der Waals surface area contributed by atoms with Gasteiger partial charge in [0.15, 0.2) is 5.69 Å². The van der Waals surface area contributed by atoms with Crippen LogP contribution in [0.25, 0.3) is 0 Å². The molecule has 1 saturated carbocycles. The molecule has 1 heterocycles. The molecule has 0 saturated heterocycles. The molecule has 0 aliphatic heterocycles. The van der Waals surface area contributed by atoms with Crippen molar-refractivity contribution in [2.24, 2.45) is 0 Å². The Balaban J connectivity index is 2.07. The molecule has 2 unspecified atom stereocenters. The monoisotopic (exact) mass is 251 g/mol. The Kier molecular flexibility index (Phi) is 4.09. The number of carboxylic acid groups (broad SMARTS) is 1. The maximum absolute atomic E-state index is 10.8. The highest BCUT2D eigenvalue weighted by atomic mass is 16.4. The predicted octanol–water partition coefficient (Wildman–Crippen LogP) is 1.28. The number of carbonyl (C=O) groups is 1. The fourth-order valence-corrected chi connectivity index (χ4v) is 2.18. The molecular formula is C12H17N3O3. The molecule has 1 aromatic rings. The Hall–Kier alpha value is -1.69. The van der Waals surface area contributed by atoms with Gasteiger partial charge in [0, 0.05) is 0 Å². The third kappa shape index (κ3) is 3.16. The van der Waals surface area contributed by atoms with Gasteiger partial charge in [0.2, 0.25) is 0 Å². The van der Waals surface area contributed by atoms with Gasteiger partial charge in [0.25, 0.3) is 0 Å². The van der Waals surface area contributed by atoms with Gasteiger partial charge in [-0.1, -0.05) is 19.3 Å². The van der Waals surface area contributed by atoms with E-state index in [-0.39, 0.29) is 11.7 Å². The number of aliphatic hydroxyl groups excluding tert-OH is 1. The summed E-state index contributed by atoms with van der Waals surface area (Å²) in [6, 6.07) is -0.0779. The first-order chi connectivity index (χ1) is 8.66. The van der Waals surface area contributed by atoms with Crippen molar-refractivity contribution in [2.75, 3.05) is 5.32 Å². The number of aromatic carboxylic acids is 1. The van der Waals surface area contributed by atoms with Crippen LogP contribution in [0.15, 0.2) is 12.4 Å². The summed E-state index contributed by atoms with van der Waals surface area (Å²) < 4.78 is 0. The first kappa shape index (κ1) is 12.8. The zero-order chi connectivity index (χ0) is 13.0. The van der Waals surface area contributed by atoms with E-state index < -0.39 is 12.1 Å². The van der Waals surface area contributed by atoms with Crippen LogP contribution in [0.2, 0.25) is 0 Å². The van der Waals surface area contributed by atoms with Crippen LogP contribution in [0.5, 0.6) is 0 Å². The summed E-state index contributed by atoms with van der Waals surface area (Å²) in [5.74, 6) is -0.701. The van der Waals surface area contributed by atoms with E-state index in [0.717, 1.165) is 32.1 Å². The third-order valence-electron chi connectivity index (χ3n) is 3.17. The van der Waals surface area contributed by atoms with Crippen LogP contribution in [-0.4, -0.2) is 38.3 Å². The van der Waals surface area contributed by atoms with Crippen LogP contribution >= 0.6 is 0 Å². The molecule has 2 rings (SSSR count). The average Bonchev–Trinajstić information content (AvgIpc) is 2.55. The van der Waals surface area contributed by atoms with Gasteiger partial charge in [0.05, 0.1) is 24.5 Å². The Morgan fingerprint density at radius 3 is 2.83 bits per heavy atom. The number of nitrogens with zero attached hydrogens (tertiary/aromatic N) is 2. The number of hydrogen-bond donors (Lipinski definition) is 3. The van der Waals surface area contributed by atoms with Crippen molar-refractivity contribution in [1.29, 1.82) is 0 Å². The Morgan fingerprint density at radius 2 is 2.06 bits per heavy atom. The molecular weight excluding hydrogens is 234 g/mol. The number of aliphatic hydroxyl groups is 1. The standard InChI is InChI=1S/C12H17N3O3/c16-10-5-3-1-2-4-8(10)14-11-7-13-6-9(15-11)12(17)18/h6-8,10,16H,1-5H2,(H,14,15)(H,17,18). The number of carboxylic acids is 1. The largest absolute Gasteiger partial charge is 0.476 e. The normalized spacial score (nSPS) is 24.3. The van der Waals surface area contributed by atoms with Crippen LogP contribution in [0, 0.1) is 0 Å². The fourth-order valence-electron chi connectivity index (χ4n) is 2.18. The molecule has 3 N–H and O–H groups in total. The average molecular weight is 251 g/mol. The van der Waals surface area contributed by atoms with Gasteiger partial charge in [-0.3, -0.25) is 4.98 Å². The molecule has 0 spiro atoms. The van der Waals surface area contributed by atoms with Crippen molar-refractivity contribution in [2.45, 2.75) is 44.2 Å². The highest BCUT2D eigenvalue weighted by molar-refractivity contribution is 5.85. The minimum atomic E-state index is -1.10. The minimum absolute atomic E-state index is 0.0779. The summed E-state index contributed by atoms with van der Waals surface area (Å²) >= 11 is 0. The first-order valence-electron chi connectivity index (χ1n) is 6.17. The van der Waals surface area contributed by atoms with Crippen molar-refractivity contribution in [3.63, 3.8) is 0 Å². The molecule has 2 atom stereocenters. The van der Waals surface area contributed by atoms with Crippen LogP contribution < -0.4 is 5.32 Å². The molecule has 0 amide bonds. The third-order valence-corrected chi connectivity index (χ3v) is 3.17. The van der Waals surface area contributed by atoms with Crippen LogP contribution in [0.4, 0.5) is 5.82 Å². The molecule has 6 nitrogen and oxygen atoms in total. The molecule has 18 heavy (non-hydrogen) atoms. The first-order valence-corrected chi connectivity index (χ1v) is 6.17.